The number of ketones is 1. The van der Waals surface area contributed by atoms with Crippen LogP contribution in [-0.2, 0) is 6.18 Å². The summed E-state index contributed by atoms with van der Waals surface area (Å²) in [6.45, 7) is 2.51. The molecule has 0 bridgehead atoms. The fraction of sp³-hybridized carbons (Fsp3) is 0.364. The van der Waals surface area contributed by atoms with Gasteiger partial charge in [-0.15, -0.1) is 0 Å². The first kappa shape index (κ1) is 14.9. The smallest absolute Gasteiger partial charge is 0.416 e. The number of hydrogen-bond acceptors (Lipinski definition) is 4. The van der Waals surface area contributed by atoms with Gasteiger partial charge < -0.3 is 4.74 Å². The molecule has 1 aromatic rings. The number of nitro groups is 1. The van der Waals surface area contributed by atoms with Crippen LogP contribution in [0.15, 0.2) is 12.1 Å². The van der Waals surface area contributed by atoms with Gasteiger partial charge in [-0.3, -0.25) is 14.9 Å². The van der Waals surface area contributed by atoms with Gasteiger partial charge in [0.05, 0.1) is 17.1 Å². The summed E-state index contributed by atoms with van der Waals surface area (Å²) in [4.78, 5) is 21.1. The maximum atomic E-state index is 12.6. The topological polar surface area (TPSA) is 69.4 Å². The number of Topliss-reactive ketones (excluding diaryl/α,β-unsaturated/α-hetero) is 1. The minimum Gasteiger partial charge on any atom is -0.493 e. The molecule has 0 aromatic heterocycles. The number of nitro benzene ring substituents is 1. The summed E-state index contributed by atoms with van der Waals surface area (Å²) >= 11 is 0. The van der Waals surface area contributed by atoms with Crippen LogP contribution in [-0.4, -0.2) is 17.3 Å². The molecular weight excluding hydrogens is 267 g/mol. The minimum atomic E-state index is -4.76. The molecule has 0 spiro atoms. The molecule has 19 heavy (non-hydrogen) atoms. The second-order valence-corrected chi connectivity index (χ2v) is 3.61. The molecule has 0 atom stereocenters. The highest BCUT2D eigenvalue weighted by Gasteiger charge is 2.35. The molecule has 5 nitrogen and oxygen atoms in total. The van der Waals surface area contributed by atoms with Crippen LogP contribution in [0.5, 0.6) is 5.75 Å². The quantitative estimate of drug-likeness (QED) is 0.481. The summed E-state index contributed by atoms with van der Waals surface area (Å²) < 4.78 is 42.8. The van der Waals surface area contributed by atoms with E-state index < -0.39 is 39.4 Å². The van der Waals surface area contributed by atoms with E-state index in [4.69, 9.17) is 4.74 Å². The second-order valence-electron chi connectivity index (χ2n) is 3.61. The normalized spacial score (nSPS) is 11.2. The largest absolute Gasteiger partial charge is 0.493 e. The molecule has 1 aromatic carbocycles. The average Bonchev–Trinajstić information content (AvgIpc) is 2.26. The lowest BCUT2D eigenvalue weighted by molar-refractivity contribution is -0.385. The fourth-order valence-electron chi connectivity index (χ4n) is 1.53. The van der Waals surface area contributed by atoms with Crippen molar-refractivity contribution in [2.75, 3.05) is 6.61 Å². The van der Waals surface area contributed by atoms with E-state index in [1.165, 1.54) is 6.92 Å². The summed E-state index contributed by atoms with van der Waals surface area (Å²) in [7, 11) is 0. The Labute approximate surface area is 106 Å². The van der Waals surface area contributed by atoms with Crippen molar-refractivity contribution >= 4 is 11.5 Å². The van der Waals surface area contributed by atoms with Crippen LogP contribution in [0.2, 0.25) is 0 Å². The molecule has 0 unspecified atom stereocenters. The lowest BCUT2D eigenvalue weighted by Gasteiger charge is -2.12. The van der Waals surface area contributed by atoms with E-state index in [0.717, 1.165) is 6.92 Å². The first-order valence-corrected chi connectivity index (χ1v) is 5.21. The first-order valence-electron chi connectivity index (χ1n) is 5.21. The van der Waals surface area contributed by atoms with Gasteiger partial charge in [-0.05, 0) is 19.9 Å². The summed E-state index contributed by atoms with van der Waals surface area (Å²) in [6, 6.07) is 0.923. The molecule has 8 heteroatoms. The molecular formula is C11H10F3NO4. The third kappa shape index (κ3) is 3.21. The highest BCUT2D eigenvalue weighted by molar-refractivity contribution is 6.01. The van der Waals surface area contributed by atoms with Gasteiger partial charge >= 0.3 is 6.18 Å². The zero-order chi connectivity index (χ0) is 14.8. The van der Waals surface area contributed by atoms with Crippen LogP contribution in [0.25, 0.3) is 0 Å². The maximum Gasteiger partial charge on any atom is 0.416 e. The Morgan fingerprint density at radius 3 is 2.37 bits per heavy atom. The molecule has 0 saturated carbocycles. The van der Waals surface area contributed by atoms with Gasteiger partial charge in [0.1, 0.15) is 11.3 Å². The van der Waals surface area contributed by atoms with E-state index in [-0.39, 0.29) is 6.61 Å². The number of halogens is 3. The van der Waals surface area contributed by atoms with Crippen LogP contribution in [0, 0.1) is 10.1 Å². The van der Waals surface area contributed by atoms with Gasteiger partial charge in [0.15, 0.2) is 5.78 Å². The molecule has 0 aliphatic heterocycles. The SMILES string of the molecule is CCOc1cc(C(F)(F)F)cc([N+](=O)[O-])c1C(C)=O. The Morgan fingerprint density at radius 2 is 2.00 bits per heavy atom. The van der Waals surface area contributed by atoms with Gasteiger partial charge in [-0.25, -0.2) is 0 Å². The van der Waals surface area contributed by atoms with Crippen molar-refractivity contribution in [3.63, 3.8) is 0 Å². The van der Waals surface area contributed by atoms with E-state index in [1.807, 2.05) is 0 Å². The van der Waals surface area contributed by atoms with Crippen LogP contribution >= 0.6 is 0 Å². The first-order chi connectivity index (χ1) is 8.68. The molecule has 0 N–H and O–H groups in total. The van der Waals surface area contributed by atoms with Gasteiger partial charge in [0, 0.05) is 6.07 Å². The molecule has 0 saturated heterocycles. The highest BCUT2D eigenvalue weighted by Crippen LogP contribution is 2.38. The number of rotatable bonds is 4. The zero-order valence-corrected chi connectivity index (χ0v) is 10.1. The Kier molecular flexibility index (Phi) is 4.13. The molecule has 0 heterocycles. The molecule has 0 aliphatic carbocycles. The Hall–Kier alpha value is -2.12. The lowest BCUT2D eigenvalue weighted by atomic mass is 10.0. The number of ether oxygens (including phenoxy) is 1. The van der Waals surface area contributed by atoms with Crippen LogP contribution < -0.4 is 4.74 Å². The van der Waals surface area contributed by atoms with Crippen molar-refractivity contribution in [2.24, 2.45) is 0 Å². The van der Waals surface area contributed by atoms with Crippen molar-refractivity contribution in [1.82, 2.24) is 0 Å². The molecule has 0 fully saturated rings. The number of hydrogen-bond donors (Lipinski definition) is 0. The third-order valence-electron chi connectivity index (χ3n) is 2.26. The highest BCUT2D eigenvalue weighted by atomic mass is 19.4. The number of carbonyl (C=O) groups is 1. The zero-order valence-electron chi connectivity index (χ0n) is 10.1. The van der Waals surface area contributed by atoms with Crippen molar-refractivity contribution < 1.29 is 27.6 Å². The van der Waals surface area contributed by atoms with Gasteiger partial charge in [0.25, 0.3) is 5.69 Å². The molecule has 104 valence electrons. The van der Waals surface area contributed by atoms with Crippen molar-refractivity contribution in [3.05, 3.63) is 33.4 Å². The van der Waals surface area contributed by atoms with Gasteiger partial charge in [-0.1, -0.05) is 0 Å². The summed E-state index contributed by atoms with van der Waals surface area (Å²) in [6.07, 6.45) is -4.76. The van der Waals surface area contributed by atoms with E-state index >= 15 is 0 Å². The third-order valence-corrected chi connectivity index (χ3v) is 2.26. The number of benzene rings is 1. The standard InChI is InChI=1S/C11H10F3NO4/c1-3-19-9-5-7(11(12,13)14)4-8(15(17)18)10(9)6(2)16/h4-5H,3H2,1-2H3. The Morgan fingerprint density at radius 1 is 1.42 bits per heavy atom. The molecule has 0 aliphatic rings. The van der Waals surface area contributed by atoms with Crippen LogP contribution in [0.1, 0.15) is 29.8 Å². The maximum absolute atomic E-state index is 12.6. The summed E-state index contributed by atoms with van der Waals surface area (Å²) in [5.74, 6) is -1.17. The monoisotopic (exact) mass is 277 g/mol. The lowest BCUT2D eigenvalue weighted by Crippen LogP contribution is -2.11. The molecule has 0 amide bonds. The fourth-order valence-corrected chi connectivity index (χ4v) is 1.53. The van der Waals surface area contributed by atoms with Crippen molar-refractivity contribution in [2.45, 2.75) is 20.0 Å². The average molecular weight is 277 g/mol. The predicted octanol–water partition coefficient (Wildman–Crippen LogP) is 3.21. The van der Waals surface area contributed by atoms with Gasteiger partial charge in [0.2, 0.25) is 0 Å². The predicted molar refractivity (Wildman–Crippen MR) is 59.3 cm³/mol. The molecule has 0 radical (unpaired) electrons. The molecule has 1 rings (SSSR count). The summed E-state index contributed by atoms with van der Waals surface area (Å²) in [5, 5.41) is 10.8. The second kappa shape index (κ2) is 5.25. The van der Waals surface area contributed by atoms with Crippen LogP contribution in [0.4, 0.5) is 18.9 Å². The van der Waals surface area contributed by atoms with Crippen LogP contribution in [0.3, 0.4) is 0 Å². The van der Waals surface area contributed by atoms with Crippen molar-refractivity contribution in [3.8, 4) is 5.75 Å². The van der Waals surface area contributed by atoms with Crippen molar-refractivity contribution in [1.29, 1.82) is 0 Å². The van der Waals surface area contributed by atoms with E-state index in [9.17, 15) is 28.1 Å². The Bertz CT molecular complexity index is 525. The van der Waals surface area contributed by atoms with E-state index in [2.05, 4.69) is 0 Å². The van der Waals surface area contributed by atoms with Gasteiger partial charge in [-0.2, -0.15) is 13.2 Å². The van der Waals surface area contributed by atoms with E-state index in [1.54, 1.807) is 0 Å². The number of nitrogens with zero attached hydrogens (tertiary/aromatic N) is 1. The minimum absolute atomic E-state index is 0.0151. The Balaban J connectivity index is 3.62. The number of carbonyl (C=O) groups excluding carboxylic acids is 1. The van der Waals surface area contributed by atoms with E-state index in [0.29, 0.717) is 12.1 Å². The number of alkyl halides is 3. The summed E-state index contributed by atoms with van der Waals surface area (Å²) in [5.41, 5.74) is -2.60.